The molecule has 0 aromatic carbocycles. The van der Waals surface area contributed by atoms with E-state index in [9.17, 15) is 0 Å². The summed E-state index contributed by atoms with van der Waals surface area (Å²) in [6.45, 7) is 5.84. The van der Waals surface area contributed by atoms with Crippen molar-refractivity contribution < 1.29 is 0 Å². The first-order valence-electron chi connectivity index (χ1n) is 4.86. The predicted octanol–water partition coefficient (Wildman–Crippen LogP) is 4.26. The highest BCUT2D eigenvalue weighted by Gasteiger charge is 1.82. The van der Waals surface area contributed by atoms with Gasteiger partial charge in [0.1, 0.15) is 0 Å². The average molecular weight is 164 g/mol. The summed E-state index contributed by atoms with van der Waals surface area (Å²) in [7, 11) is 0. The van der Waals surface area contributed by atoms with E-state index in [1.807, 2.05) is 12.2 Å². The third-order valence-electron chi connectivity index (χ3n) is 1.72. The first kappa shape index (κ1) is 11.2. The molecule has 0 spiro atoms. The molecule has 0 rings (SSSR count). The Kier molecular flexibility index (Phi) is 9.56. The van der Waals surface area contributed by atoms with Gasteiger partial charge in [-0.15, -0.1) is 0 Å². The van der Waals surface area contributed by atoms with E-state index in [2.05, 4.69) is 25.7 Å². The highest BCUT2D eigenvalue weighted by atomic mass is 13.9. The summed E-state index contributed by atoms with van der Waals surface area (Å²) in [5.74, 6) is 0. The van der Waals surface area contributed by atoms with E-state index in [1.165, 1.54) is 32.1 Å². The van der Waals surface area contributed by atoms with Crippen LogP contribution in [0.1, 0.15) is 39.0 Å². The molecular weight excluding hydrogens is 144 g/mol. The maximum Gasteiger partial charge on any atom is -0.0348 e. The Morgan fingerprint density at radius 1 is 1.00 bits per heavy atom. The average Bonchev–Trinajstić information content (AvgIpc) is 2.10. The van der Waals surface area contributed by atoms with Crippen LogP contribution in [-0.4, -0.2) is 0 Å². The molecule has 0 bridgehead atoms. The molecule has 0 aromatic rings. The fraction of sp³-hybridized carbons (Fsp3) is 0.500. The fourth-order valence-electron chi connectivity index (χ4n) is 1.01. The summed E-state index contributed by atoms with van der Waals surface area (Å²) < 4.78 is 0. The van der Waals surface area contributed by atoms with Gasteiger partial charge in [-0.25, -0.2) is 0 Å². The Morgan fingerprint density at radius 3 is 2.50 bits per heavy atom. The van der Waals surface area contributed by atoms with E-state index in [0.29, 0.717) is 0 Å². The zero-order valence-corrected chi connectivity index (χ0v) is 8.13. The summed E-state index contributed by atoms with van der Waals surface area (Å²) in [6.07, 6.45) is 16.7. The van der Waals surface area contributed by atoms with Crippen molar-refractivity contribution >= 4 is 0 Å². The topological polar surface area (TPSA) is 0 Å². The van der Waals surface area contributed by atoms with E-state index < -0.39 is 0 Å². The van der Waals surface area contributed by atoms with Crippen molar-refractivity contribution in [1.29, 1.82) is 0 Å². The highest BCUT2D eigenvalue weighted by molar-refractivity contribution is 5.08. The molecule has 0 heteroatoms. The molecule has 0 saturated carbocycles. The monoisotopic (exact) mass is 164 g/mol. The molecule has 12 heavy (non-hydrogen) atoms. The Balaban J connectivity index is 3.13. The lowest BCUT2D eigenvalue weighted by Gasteiger charge is -1.92. The molecule has 68 valence electrons. The van der Waals surface area contributed by atoms with Gasteiger partial charge in [-0.1, -0.05) is 63.1 Å². The second-order valence-electron chi connectivity index (χ2n) is 2.90. The Bertz CT molecular complexity index is 140. The van der Waals surface area contributed by atoms with E-state index in [4.69, 9.17) is 0 Å². The van der Waals surface area contributed by atoms with Crippen molar-refractivity contribution in [2.45, 2.75) is 39.0 Å². The van der Waals surface area contributed by atoms with Crippen LogP contribution in [-0.2, 0) is 0 Å². The Labute approximate surface area is 76.7 Å². The van der Waals surface area contributed by atoms with Gasteiger partial charge in [0.25, 0.3) is 0 Å². The van der Waals surface area contributed by atoms with Crippen molar-refractivity contribution in [3.8, 4) is 0 Å². The molecule has 0 aliphatic carbocycles. The number of allylic oxidation sites excluding steroid dienone is 5. The van der Waals surface area contributed by atoms with Crippen molar-refractivity contribution in [3.05, 3.63) is 37.0 Å². The molecule has 0 saturated heterocycles. The summed E-state index contributed by atoms with van der Waals surface area (Å²) in [5.41, 5.74) is 0. The first-order valence-corrected chi connectivity index (χ1v) is 4.86. The van der Waals surface area contributed by atoms with Crippen LogP contribution in [0.25, 0.3) is 0 Å². The standard InChI is InChI=1S/C12H20/c1-3-5-7-9-11-12-10-8-6-4-2/h3,5,7,9,11H,1,4,6,8,10,12H2,2H3. The maximum atomic E-state index is 3.60. The van der Waals surface area contributed by atoms with Gasteiger partial charge in [0, 0.05) is 0 Å². The van der Waals surface area contributed by atoms with Gasteiger partial charge in [-0.05, 0) is 12.8 Å². The van der Waals surface area contributed by atoms with Crippen molar-refractivity contribution in [2.24, 2.45) is 0 Å². The van der Waals surface area contributed by atoms with Gasteiger partial charge in [0.2, 0.25) is 0 Å². The van der Waals surface area contributed by atoms with Gasteiger partial charge in [-0.2, -0.15) is 0 Å². The smallest absolute Gasteiger partial charge is 0.0348 e. The highest BCUT2D eigenvalue weighted by Crippen LogP contribution is 2.02. The minimum Gasteiger partial charge on any atom is -0.0991 e. The minimum atomic E-state index is 1.21. The van der Waals surface area contributed by atoms with Crippen LogP contribution in [0.5, 0.6) is 0 Å². The zero-order chi connectivity index (χ0) is 9.07. The minimum absolute atomic E-state index is 1.21. The van der Waals surface area contributed by atoms with Crippen LogP contribution in [0.15, 0.2) is 37.0 Å². The SMILES string of the molecule is C=CC=CC=CCCCCCC. The lowest BCUT2D eigenvalue weighted by Crippen LogP contribution is -1.72. The number of rotatable bonds is 7. The van der Waals surface area contributed by atoms with Crippen LogP contribution in [0.2, 0.25) is 0 Å². The Morgan fingerprint density at radius 2 is 1.83 bits per heavy atom. The normalized spacial score (nSPS) is 11.4. The molecule has 0 aliphatic heterocycles. The molecule has 0 heterocycles. The summed E-state index contributed by atoms with van der Waals surface area (Å²) >= 11 is 0. The van der Waals surface area contributed by atoms with E-state index in [-0.39, 0.29) is 0 Å². The number of hydrogen-bond acceptors (Lipinski definition) is 0. The predicted molar refractivity (Wildman–Crippen MR) is 57.2 cm³/mol. The van der Waals surface area contributed by atoms with E-state index in [0.717, 1.165) is 0 Å². The van der Waals surface area contributed by atoms with Crippen molar-refractivity contribution in [3.63, 3.8) is 0 Å². The van der Waals surface area contributed by atoms with Crippen LogP contribution >= 0.6 is 0 Å². The molecule has 0 atom stereocenters. The van der Waals surface area contributed by atoms with Crippen LogP contribution < -0.4 is 0 Å². The van der Waals surface area contributed by atoms with Crippen LogP contribution in [0.3, 0.4) is 0 Å². The molecule has 0 radical (unpaired) electrons. The quantitative estimate of drug-likeness (QED) is 0.389. The first-order chi connectivity index (χ1) is 5.91. The Hall–Kier alpha value is -0.780. The van der Waals surface area contributed by atoms with Gasteiger partial charge >= 0.3 is 0 Å². The second-order valence-corrected chi connectivity index (χ2v) is 2.90. The molecule has 0 aromatic heterocycles. The molecular formula is C12H20. The lowest BCUT2D eigenvalue weighted by atomic mass is 10.1. The van der Waals surface area contributed by atoms with E-state index in [1.54, 1.807) is 6.08 Å². The molecule has 0 nitrogen and oxygen atoms in total. The van der Waals surface area contributed by atoms with Crippen LogP contribution in [0, 0.1) is 0 Å². The van der Waals surface area contributed by atoms with Gasteiger partial charge in [-0.3, -0.25) is 0 Å². The summed E-state index contributed by atoms with van der Waals surface area (Å²) in [4.78, 5) is 0. The molecule has 0 N–H and O–H groups in total. The van der Waals surface area contributed by atoms with Crippen molar-refractivity contribution in [2.75, 3.05) is 0 Å². The third kappa shape index (κ3) is 9.22. The summed E-state index contributed by atoms with van der Waals surface area (Å²) in [5, 5.41) is 0. The van der Waals surface area contributed by atoms with E-state index >= 15 is 0 Å². The van der Waals surface area contributed by atoms with Gasteiger partial charge in [0.15, 0.2) is 0 Å². The van der Waals surface area contributed by atoms with Crippen molar-refractivity contribution in [1.82, 2.24) is 0 Å². The number of unbranched alkanes of at least 4 members (excludes halogenated alkanes) is 4. The zero-order valence-electron chi connectivity index (χ0n) is 8.13. The van der Waals surface area contributed by atoms with Crippen LogP contribution in [0.4, 0.5) is 0 Å². The van der Waals surface area contributed by atoms with Gasteiger partial charge < -0.3 is 0 Å². The molecule has 0 fully saturated rings. The molecule has 0 amide bonds. The molecule has 0 aliphatic rings. The maximum absolute atomic E-state index is 3.60. The number of hydrogen-bond donors (Lipinski definition) is 0. The molecule has 0 unspecified atom stereocenters. The fourth-order valence-corrected chi connectivity index (χ4v) is 1.01. The third-order valence-corrected chi connectivity index (χ3v) is 1.72. The summed E-state index contributed by atoms with van der Waals surface area (Å²) in [6, 6.07) is 0. The largest absolute Gasteiger partial charge is 0.0991 e. The lowest BCUT2D eigenvalue weighted by molar-refractivity contribution is 0.674. The van der Waals surface area contributed by atoms with Gasteiger partial charge in [0.05, 0.1) is 0 Å². The second kappa shape index (κ2) is 10.2.